The number of carbonyl (C=O) groups is 4. The zero-order chi connectivity index (χ0) is 40.1. The molecule has 0 radical (unpaired) electrons. The fraction of sp³-hybridized carbons (Fsp3) is 0.636. The number of hydrogen-bond donors (Lipinski definition) is 2. The Balaban J connectivity index is 1.41. The van der Waals surface area contributed by atoms with Crippen molar-refractivity contribution in [3.8, 4) is 23.0 Å². The number of ketones is 2. The van der Waals surface area contributed by atoms with Crippen LogP contribution in [0.2, 0.25) is 0 Å². The number of ether oxygens (including phenoxy) is 6. The minimum absolute atomic E-state index is 0.0566. The molecule has 2 aromatic carbocycles. The van der Waals surface area contributed by atoms with Gasteiger partial charge in [0.1, 0.15) is 26.4 Å². The molecule has 0 saturated heterocycles. The maximum absolute atomic E-state index is 13.0. The Morgan fingerprint density at radius 3 is 0.982 bits per heavy atom. The zero-order valence-electron chi connectivity index (χ0n) is 33.2. The number of carboxylic acids is 2. The van der Waals surface area contributed by atoms with Crippen molar-refractivity contribution in [2.75, 3.05) is 52.9 Å². The van der Waals surface area contributed by atoms with Gasteiger partial charge in [-0.05, 0) is 62.1 Å². The number of hydrogen-bond acceptors (Lipinski definition) is 10. The summed E-state index contributed by atoms with van der Waals surface area (Å²) in [7, 11) is 0. The molecule has 0 saturated carbocycles. The molecule has 2 aromatic rings. The van der Waals surface area contributed by atoms with Crippen LogP contribution in [-0.2, 0) is 19.1 Å². The van der Waals surface area contributed by atoms with Crippen molar-refractivity contribution in [1.29, 1.82) is 0 Å². The number of fused-ring (bicyclic) bond motifs is 2. The molecule has 0 spiro atoms. The molecule has 0 bridgehead atoms. The van der Waals surface area contributed by atoms with Gasteiger partial charge in [0.2, 0.25) is 0 Å². The van der Waals surface area contributed by atoms with Gasteiger partial charge in [0.15, 0.2) is 34.6 Å². The molecular weight excluding hydrogens is 720 g/mol. The summed E-state index contributed by atoms with van der Waals surface area (Å²) in [6.07, 6.45) is 16.9. The molecule has 0 aromatic heterocycles. The standard InChI is InChI=1S/C44H64O12/c45-37(17-13-9-5-1-3-7-11-15-19-43(47)48)35-21-23-39-41(33-35)55-31-27-52-28-32-56-42-34-36(22-24-40(42)54-30-26-51-25-29-53-39)38(46)18-14-10-6-2-4-8-12-16-20-44(49)50/h21-24,33-34H,1-20,25-32H2,(H,47,48)(H,49,50). The predicted octanol–water partition coefficient (Wildman–Crippen LogP) is 9.29. The highest BCUT2D eigenvalue weighted by Gasteiger charge is 2.15. The molecule has 0 atom stereocenters. The van der Waals surface area contributed by atoms with Crippen molar-refractivity contribution >= 4 is 23.5 Å². The third-order valence-electron chi connectivity index (χ3n) is 9.56. The van der Waals surface area contributed by atoms with Gasteiger partial charge in [-0.25, -0.2) is 0 Å². The van der Waals surface area contributed by atoms with Crippen molar-refractivity contribution in [3.05, 3.63) is 47.5 Å². The summed E-state index contributed by atoms with van der Waals surface area (Å²) in [6, 6.07) is 10.5. The van der Waals surface area contributed by atoms with Gasteiger partial charge in [-0.3, -0.25) is 19.2 Å². The first-order valence-corrected chi connectivity index (χ1v) is 20.8. The lowest BCUT2D eigenvalue weighted by atomic mass is 10.0. The average Bonchev–Trinajstić information content (AvgIpc) is 3.18. The molecule has 0 amide bonds. The summed E-state index contributed by atoms with van der Waals surface area (Å²) >= 11 is 0. The Morgan fingerprint density at radius 1 is 0.375 bits per heavy atom. The minimum Gasteiger partial charge on any atom is -0.487 e. The maximum atomic E-state index is 13.0. The van der Waals surface area contributed by atoms with Gasteiger partial charge in [0.05, 0.1) is 26.4 Å². The molecule has 0 fully saturated rings. The fourth-order valence-electron chi connectivity index (χ4n) is 6.41. The Bertz CT molecular complexity index is 1340. The Labute approximate surface area is 332 Å². The number of Topliss-reactive ketones (excluding diaryl/α,β-unsaturated/α-hetero) is 2. The molecule has 1 aliphatic heterocycles. The van der Waals surface area contributed by atoms with Crippen LogP contribution < -0.4 is 18.9 Å². The molecule has 1 heterocycles. The molecule has 3 rings (SSSR count). The van der Waals surface area contributed by atoms with Crippen molar-refractivity contribution in [2.45, 2.75) is 128 Å². The molecule has 12 nitrogen and oxygen atoms in total. The van der Waals surface area contributed by atoms with E-state index in [0.29, 0.717) is 60.2 Å². The van der Waals surface area contributed by atoms with Gasteiger partial charge < -0.3 is 38.6 Å². The van der Waals surface area contributed by atoms with Crippen LogP contribution in [0.5, 0.6) is 23.0 Å². The number of carbonyl (C=O) groups excluding carboxylic acids is 2. The van der Waals surface area contributed by atoms with Crippen LogP contribution in [0.25, 0.3) is 0 Å². The lowest BCUT2D eigenvalue weighted by Crippen LogP contribution is -2.16. The second-order valence-electron chi connectivity index (χ2n) is 14.2. The summed E-state index contributed by atoms with van der Waals surface area (Å²) in [5.74, 6) is 0.634. The van der Waals surface area contributed by atoms with Crippen molar-refractivity contribution in [3.63, 3.8) is 0 Å². The summed E-state index contributed by atoms with van der Waals surface area (Å²) < 4.78 is 35.5. The van der Waals surface area contributed by atoms with E-state index >= 15 is 0 Å². The Hall–Kier alpha value is -4.16. The first kappa shape index (κ1) is 46.2. The van der Waals surface area contributed by atoms with Crippen LogP contribution in [0, 0.1) is 0 Å². The second-order valence-corrected chi connectivity index (χ2v) is 14.2. The van der Waals surface area contributed by atoms with E-state index in [4.69, 9.17) is 38.6 Å². The number of carboxylic acid groups (broad SMARTS) is 2. The molecule has 2 N–H and O–H groups in total. The van der Waals surface area contributed by atoms with E-state index in [1.54, 1.807) is 36.4 Å². The highest BCUT2D eigenvalue weighted by Crippen LogP contribution is 2.31. The number of rotatable bonds is 24. The van der Waals surface area contributed by atoms with Gasteiger partial charge in [-0.1, -0.05) is 77.0 Å². The van der Waals surface area contributed by atoms with Crippen LogP contribution in [0.1, 0.15) is 149 Å². The molecule has 0 aliphatic carbocycles. The van der Waals surface area contributed by atoms with Gasteiger partial charge in [0.25, 0.3) is 0 Å². The van der Waals surface area contributed by atoms with Crippen LogP contribution in [0.4, 0.5) is 0 Å². The van der Waals surface area contributed by atoms with Crippen molar-refractivity contribution in [2.24, 2.45) is 0 Å². The smallest absolute Gasteiger partial charge is 0.303 e. The molecule has 0 unspecified atom stereocenters. The topological polar surface area (TPSA) is 164 Å². The van der Waals surface area contributed by atoms with Gasteiger partial charge in [-0.15, -0.1) is 0 Å². The molecule has 312 valence electrons. The first-order chi connectivity index (χ1) is 27.3. The van der Waals surface area contributed by atoms with Crippen LogP contribution in [0.15, 0.2) is 36.4 Å². The monoisotopic (exact) mass is 784 g/mol. The summed E-state index contributed by atoms with van der Waals surface area (Å²) in [4.78, 5) is 47.3. The molecule has 56 heavy (non-hydrogen) atoms. The summed E-state index contributed by atoms with van der Waals surface area (Å²) in [5.41, 5.74) is 1.15. The Morgan fingerprint density at radius 2 is 0.661 bits per heavy atom. The van der Waals surface area contributed by atoms with Crippen molar-refractivity contribution in [1.82, 2.24) is 0 Å². The minimum atomic E-state index is -0.734. The highest BCUT2D eigenvalue weighted by atomic mass is 16.6. The number of unbranched alkanes of at least 4 members (excludes halogenated alkanes) is 14. The highest BCUT2D eigenvalue weighted by molar-refractivity contribution is 5.97. The normalized spacial score (nSPS) is 14.0. The molecular formula is C44H64O12. The van der Waals surface area contributed by atoms with Crippen LogP contribution in [0.3, 0.4) is 0 Å². The second kappa shape index (κ2) is 29.1. The zero-order valence-corrected chi connectivity index (χ0v) is 33.2. The molecule has 1 aliphatic rings. The lowest BCUT2D eigenvalue weighted by Gasteiger charge is -2.16. The van der Waals surface area contributed by atoms with E-state index < -0.39 is 11.9 Å². The first-order valence-electron chi connectivity index (χ1n) is 20.8. The summed E-state index contributed by atoms with van der Waals surface area (Å²) in [5, 5.41) is 17.5. The van der Waals surface area contributed by atoms with E-state index in [0.717, 1.165) is 103 Å². The van der Waals surface area contributed by atoms with Crippen LogP contribution >= 0.6 is 0 Å². The third kappa shape index (κ3) is 20.7. The Kier molecular flexibility index (Phi) is 24.0. The average molecular weight is 785 g/mol. The van der Waals surface area contributed by atoms with Gasteiger partial charge in [-0.2, -0.15) is 0 Å². The predicted molar refractivity (Wildman–Crippen MR) is 213 cm³/mol. The van der Waals surface area contributed by atoms with Gasteiger partial charge >= 0.3 is 11.9 Å². The number of benzene rings is 2. The van der Waals surface area contributed by atoms with E-state index in [1.165, 1.54) is 0 Å². The van der Waals surface area contributed by atoms with Gasteiger partial charge in [0, 0.05) is 36.8 Å². The van der Waals surface area contributed by atoms with Crippen molar-refractivity contribution < 1.29 is 57.8 Å². The largest absolute Gasteiger partial charge is 0.487 e. The van der Waals surface area contributed by atoms with E-state index in [9.17, 15) is 19.2 Å². The fourth-order valence-corrected chi connectivity index (χ4v) is 6.41. The number of aliphatic carboxylic acids is 2. The van der Waals surface area contributed by atoms with E-state index in [1.807, 2.05) is 0 Å². The lowest BCUT2D eigenvalue weighted by molar-refractivity contribution is -0.138. The molecule has 12 heteroatoms. The maximum Gasteiger partial charge on any atom is 0.303 e. The quantitative estimate of drug-likeness (QED) is 0.0767. The third-order valence-corrected chi connectivity index (χ3v) is 9.56. The van der Waals surface area contributed by atoms with E-state index in [-0.39, 0.29) is 64.0 Å². The SMILES string of the molecule is O=C(O)CCCCCCCCCCC(=O)c1ccc2c(c1)OCCOCCOc1cc(C(=O)CCCCCCCCCCC(=O)O)ccc1OCCOCCO2. The van der Waals surface area contributed by atoms with Crippen LogP contribution in [-0.4, -0.2) is 86.6 Å². The summed E-state index contributed by atoms with van der Waals surface area (Å²) in [6.45, 7) is 2.25. The van der Waals surface area contributed by atoms with E-state index in [2.05, 4.69) is 0 Å².